The second-order valence-corrected chi connectivity index (χ2v) is 5.74. The molecule has 0 aliphatic carbocycles. The van der Waals surface area contributed by atoms with Gasteiger partial charge in [-0.3, -0.25) is 9.59 Å². The van der Waals surface area contributed by atoms with Crippen LogP contribution in [0.4, 0.5) is 0 Å². The van der Waals surface area contributed by atoms with Crippen LogP contribution in [0.2, 0.25) is 0 Å². The van der Waals surface area contributed by atoms with Crippen LogP contribution in [0.5, 0.6) is 0 Å². The van der Waals surface area contributed by atoms with Crippen molar-refractivity contribution in [2.45, 2.75) is 103 Å². The molecule has 116 valence electrons. The molecule has 0 rings (SSSR count). The molecule has 2 heteroatoms. The van der Waals surface area contributed by atoms with Crippen molar-refractivity contribution in [1.29, 1.82) is 0 Å². The van der Waals surface area contributed by atoms with E-state index in [0.717, 1.165) is 12.8 Å². The first-order chi connectivity index (χ1) is 9.91. The molecular weight excluding hydrogens is 248 g/mol. The first-order valence-electron chi connectivity index (χ1n) is 8.62. The van der Waals surface area contributed by atoms with Crippen LogP contribution in [0, 0.1) is 0 Å². The highest BCUT2D eigenvalue weighted by molar-refractivity contribution is 5.50. The fourth-order valence-electron chi connectivity index (χ4n) is 2.52. The van der Waals surface area contributed by atoms with E-state index in [1.807, 2.05) is 12.6 Å². The van der Waals surface area contributed by atoms with Gasteiger partial charge in [-0.1, -0.05) is 77.0 Å². The van der Waals surface area contributed by atoms with Crippen molar-refractivity contribution in [2.75, 3.05) is 0 Å². The van der Waals surface area contributed by atoms with Crippen LogP contribution in [-0.4, -0.2) is 12.6 Å². The van der Waals surface area contributed by atoms with E-state index in [2.05, 4.69) is 0 Å². The first-order valence-corrected chi connectivity index (χ1v) is 8.62. The van der Waals surface area contributed by atoms with Crippen LogP contribution >= 0.6 is 0 Å². The number of unbranched alkanes of at least 4 members (excludes halogenated alkanes) is 15. The summed E-state index contributed by atoms with van der Waals surface area (Å²) in [4.78, 5) is 20.0. The van der Waals surface area contributed by atoms with E-state index in [1.54, 1.807) is 0 Å². The molecule has 0 aromatic carbocycles. The predicted molar refractivity (Wildman–Crippen MR) is 85.3 cm³/mol. The lowest BCUT2D eigenvalue weighted by molar-refractivity contribution is 0.525. The Balaban J connectivity index is 2.92. The maximum atomic E-state index is 10.0. The van der Waals surface area contributed by atoms with Crippen LogP contribution in [0.1, 0.15) is 103 Å². The Morgan fingerprint density at radius 2 is 0.550 bits per heavy atom. The monoisotopic (exact) mass is 280 g/mol. The van der Waals surface area contributed by atoms with Crippen LogP contribution < -0.4 is 0 Å². The molecule has 20 heavy (non-hydrogen) atoms. The topological polar surface area (TPSA) is 34.1 Å². The summed E-state index contributed by atoms with van der Waals surface area (Å²) in [5.41, 5.74) is 0. The van der Waals surface area contributed by atoms with E-state index in [9.17, 15) is 9.59 Å². The van der Waals surface area contributed by atoms with Gasteiger partial charge in [0.25, 0.3) is 0 Å². The minimum absolute atomic E-state index is 0.618. The SMILES string of the molecule is O=[C]CCCCCCCCCCCCCCCC[C]=O. The zero-order valence-corrected chi connectivity index (χ0v) is 13.1. The Morgan fingerprint density at radius 1 is 0.350 bits per heavy atom. The molecule has 0 aliphatic rings. The highest BCUT2D eigenvalue weighted by Gasteiger charge is 1.94. The summed E-state index contributed by atoms with van der Waals surface area (Å²) in [5, 5.41) is 0. The highest BCUT2D eigenvalue weighted by atomic mass is 16.1. The van der Waals surface area contributed by atoms with Gasteiger partial charge in [0, 0.05) is 12.8 Å². The van der Waals surface area contributed by atoms with Crippen molar-refractivity contribution in [3.63, 3.8) is 0 Å². The molecule has 0 aromatic heterocycles. The van der Waals surface area contributed by atoms with Crippen LogP contribution in [0.3, 0.4) is 0 Å². The fourth-order valence-corrected chi connectivity index (χ4v) is 2.52. The second-order valence-electron chi connectivity index (χ2n) is 5.74. The number of hydrogen-bond acceptors (Lipinski definition) is 2. The summed E-state index contributed by atoms with van der Waals surface area (Å²) in [6.45, 7) is 0. The van der Waals surface area contributed by atoms with Crippen molar-refractivity contribution < 1.29 is 9.59 Å². The molecule has 0 heterocycles. The summed E-state index contributed by atoms with van der Waals surface area (Å²) in [6.07, 6.45) is 23.0. The Hall–Kier alpha value is -0.660. The van der Waals surface area contributed by atoms with Gasteiger partial charge in [0.1, 0.15) is 0 Å². The molecule has 0 unspecified atom stereocenters. The molecule has 0 bridgehead atoms. The van der Waals surface area contributed by atoms with Gasteiger partial charge >= 0.3 is 0 Å². The van der Waals surface area contributed by atoms with Crippen molar-refractivity contribution in [3.8, 4) is 0 Å². The molecule has 0 saturated carbocycles. The summed E-state index contributed by atoms with van der Waals surface area (Å²) >= 11 is 0. The lowest BCUT2D eigenvalue weighted by Gasteiger charge is -2.02. The molecule has 0 aromatic rings. The van der Waals surface area contributed by atoms with Gasteiger partial charge in [0.2, 0.25) is 0 Å². The maximum Gasteiger partial charge on any atom is 0.198 e. The van der Waals surface area contributed by atoms with Crippen LogP contribution in [0.15, 0.2) is 0 Å². The quantitative estimate of drug-likeness (QED) is 0.332. The summed E-state index contributed by atoms with van der Waals surface area (Å²) in [5.74, 6) is 0. The third kappa shape index (κ3) is 17.3. The standard InChI is InChI=1S/C18H32O2/c19-17-15-13-11-9-7-5-3-1-2-4-6-8-10-12-14-16-18-20/h1-16H2. The van der Waals surface area contributed by atoms with Gasteiger partial charge in [0.15, 0.2) is 12.6 Å². The van der Waals surface area contributed by atoms with Gasteiger partial charge in [-0.2, -0.15) is 0 Å². The summed E-state index contributed by atoms with van der Waals surface area (Å²) in [6, 6.07) is 0. The lowest BCUT2D eigenvalue weighted by Crippen LogP contribution is -1.84. The summed E-state index contributed by atoms with van der Waals surface area (Å²) in [7, 11) is 0. The maximum absolute atomic E-state index is 10.0. The Bertz CT molecular complexity index is 180. The largest absolute Gasteiger partial charge is 0.291 e. The van der Waals surface area contributed by atoms with Gasteiger partial charge in [-0.05, 0) is 12.8 Å². The lowest BCUT2D eigenvalue weighted by atomic mass is 10.0. The molecule has 2 radical (unpaired) electrons. The molecule has 0 N–H and O–H groups in total. The minimum atomic E-state index is 0.618. The van der Waals surface area contributed by atoms with E-state index in [1.165, 1.54) is 77.0 Å². The van der Waals surface area contributed by atoms with Gasteiger partial charge in [-0.25, -0.2) is 0 Å². The molecule has 0 aliphatic heterocycles. The van der Waals surface area contributed by atoms with E-state index < -0.39 is 0 Å². The smallest absolute Gasteiger partial charge is 0.198 e. The fraction of sp³-hybridized carbons (Fsp3) is 0.889. The van der Waals surface area contributed by atoms with E-state index >= 15 is 0 Å². The molecule has 0 fully saturated rings. The molecule has 0 atom stereocenters. The van der Waals surface area contributed by atoms with Gasteiger partial charge in [0.05, 0.1) is 0 Å². The predicted octanol–water partition coefficient (Wildman–Crippen LogP) is 5.45. The molecule has 0 amide bonds. The average Bonchev–Trinajstić information content (AvgIpc) is 2.47. The van der Waals surface area contributed by atoms with Gasteiger partial charge < -0.3 is 0 Å². The van der Waals surface area contributed by atoms with E-state index in [0.29, 0.717) is 12.8 Å². The van der Waals surface area contributed by atoms with Crippen molar-refractivity contribution >= 4 is 12.6 Å². The number of carbonyl (C=O) groups excluding carboxylic acids is 2. The summed E-state index contributed by atoms with van der Waals surface area (Å²) < 4.78 is 0. The molecule has 2 nitrogen and oxygen atoms in total. The van der Waals surface area contributed by atoms with Crippen LogP contribution in [-0.2, 0) is 9.59 Å². The normalized spacial score (nSPS) is 10.6. The van der Waals surface area contributed by atoms with E-state index in [-0.39, 0.29) is 0 Å². The number of rotatable bonds is 17. The van der Waals surface area contributed by atoms with Crippen molar-refractivity contribution in [2.24, 2.45) is 0 Å². The zero-order valence-electron chi connectivity index (χ0n) is 13.1. The minimum Gasteiger partial charge on any atom is -0.291 e. The third-order valence-electron chi connectivity index (χ3n) is 3.81. The van der Waals surface area contributed by atoms with Crippen molar-refractivity contribution in [1.82, 2.24) is 0 Å². The Kier molecular flexibility index (Phi) is 17.7. The van der Waals surface area contributed by atoms with Crippen molar-refractivity contribution in [3.05, 3.63) is 0 Å². The Labute approximate surface area is 125 Å². The number of hydrogen-bond donors (Lipinski definition) is 0. The van der Waals surface area contributed by atoms with E-state index in [4.69, 9.17) is 0 Å². The van der Waals surface area contributed by atoms with Gasteiger partial charge in [-0.15, -0.1) is 0 Å². The molecule has 0 saturated heterocycles. The zero-order chi connectivity index (χ0) is 14.7. The third-order valence-corrected chi connectivity index (χ3v) is 3.81. The van der Waals surface area contributed by atoms with Crippen LogP contribution in [0.25, 0.3) is 0 Å². The molecule has 0 spiro atoms. The first kappa shape index (κ1) is 19.3. The Morgan fingerprint density at radius 3 is 0.750 bits per heavy atom. The average molecular weight is 280 g/mol. The second kappa shape index (κ2) is 18.3. The highest BCUT2D eigenvalue weighted by Crippen LogP contribution is 2.13. The molecular formula is C18H32O2.